The Kier molecular flexibility index (Phi) is 4.68. The van der Waals surface area contributed by atoms with Crippen LogP contribution in [0, 0.1) is 13.8 Å². The molecule has 0 fully saturated rings. The van der Waals surface area contributed by atoms with Crippen molar-refractivity contribution >= 4 is 22.5 Å². The summed E-state index contributed by atoms with van der Waals surface area (Å²) in [7, 11) is 0. The molecular formula is C23H20N4O2. The van der Waals surface area contributed by atoms with Crippen LogP contribution in [0.5, 0.6) is 0 Å². The van der Waals surface area contributed by atoms with Crippen LogP contribution in [0.3, 0.4) is 0 Å². The molecule has 2 N–H and O–H groups in total. The molecule has 0 spiro atoms. The molecule has 4 aromatic rings. The van der Waals surface area contributed by atoms with Gasteiger partial charge in [0.15, 0.2) is 5.78 Å². The van der Waals surface area contributed by atoms with E-state index >= 15 is 0 Å². The SMILES string of the molecule is Cc1cc(C(=O)c2cn(Cc3cccc(N)n3)c3ccccc3c2=O)cnc1C. The number of nitrogens with zero attached hydrogens (tertiary/aromatic N) is 3. The molecule has 1 aromatic carbocycles. The number of aryl methyl sites for hydroxylation is 2. The Morgan fingerprint density at radius 1 is 1.10 bits per heavy atom. The van der Waals surface area contributed by atoms with Gasteiger partial charge in [0.25, 0.3) is 0 Å². The van der Waals surface area contributed by atoms with Crippen molar-refractivity contribution in [2.45, 2.75) is 20.4 Å². The first-order valence-corrected chi connectivity index (χ1v) is 9.25. The number of carbonyl (C=O) groups excluding carboxylic acids is 1. The number of hydrogen-bond donors (Lipinski definition) is 1. The molecule has 0 unspecified atom stereocenters. The van der Waals surface area contributed by atoms with Gasteiger partial charge in [-0.2, -0.15) is 0 Å². The smallest absolute Gasteiger partial charge is 0.200 e. The fraction of sp³-hybridized carbons (Fsp3) is 0.130. The predicted octanol–water partition coefficient (Wildman–Crippen LogP) is 3.27. The number of carbonyl (C=O) groups is 1. The third-order valence-corrected chi connectivity index (χ3v) is 5.00. The van der Waals surface area contributed by atoms with Gasteiger partial charge < -0.3 is 10.3 Å². The minimum atomic E-state index is -0.342. The van der Waals surface area contributed by atoms with Crippen molar-refractivity contribution in [1.82, 2.24) is 14.5 Å². The van der Waals surface area contributed by atoms with Crippen LogP contribution in [-0.2, 0) is 6.54 Å². The number of para-hydroxylation sites is 1. The Morgan fingerprint density at radius 3 is 2.66 bits per heavy atom. The maximum atomic E-state index is 13.1. The summed E-state index contributed by atoms with van der Waals surface area (Å²) >= 11 is 0. The van der Waals surface area contributed by atoms with E-state index in [4.69, 9.17) is 5.73 Å². The van der Waals surface area contributed by atoms with Crippen LogP contribution < -0.4 is 11.2 Å². The molecule has 0 amide bonds. The van der Waals surface area contributed by atoms with Crippen LogP contribution in [0.4, 0.5) is 5.82 Å². The van der Waals surface area contributed by atoms with Crippen molar-refractivity contribution in [2.24, 2.45) is 0 Å². The highest BCUT2D eigenvalue weighted by atomic mass is 16.1. The molecule has 3 heterocycles. The lowest BCUT2D eigenvalue weighted by Gasteiger charge is -2.13. The molecule has 0 aliphatic rings. The minimum Gasteiger partial charge on any atom is -0.384 e. The van der Waals surface area contributed by atoms with Gasteiger partial charge in [-0.25, -0.2) is 4.98 Å². The molecule has 3 aromatic heterocycles. The van der Waals surface area contributed by atoms with E-state index in [2.05, 4.69) is 9.97 Å². The van der Waals surface area contributed by atoms with E-state index in [1.165, 1.54) is 6.20 Å². The summed E-state index contributed by atoms with van der Waals surface area (Å²) in [6, 6.07) is 14.4. The number of benzene rings is 1. The van der Waals surface area contributed by atoms with Crippen LogP contribution in [0.15, 0.2) is 65.7 Å². The van der Waals surface area contributed by atoms with Crippen LogP contribution in [0.2, 0.25) is 0 Å². The molecule has 144 valence electrons. The topological polar surface area (TPSA) is 90.9 Å². The average molecular weight is 384 g/mol. The van der Waals surface area contributed by atoms with Crippen molar-refractivity contribution in [1.29, 1.82) is 0 Å². The van der Waals surface area contributed by atoms with E-state index in [9.17, 15) is 9.59 Å². The summed E-state index contributed by atoms with van der Waals surface area (Å²) in [4.78, 5) is 34.8. The average Bonchev–Trinajstić information content (AvgIpc) is 2.72. The molecule has 29 heavy (non-hydrogen) atoms. The zero-order valence-corrected chi connectivity index (χ0v) is 16.2. The highest BCUT2D eigenvalue weighted by Gasteiger charge is 2.18. The van der Waals surface area contributed by atoms with E-state index in [-0.39, 0.29) is 16.8 Å². The van der Waals surface area contributed by atoms with Crippen LogP contribution in [0.25, 0.3) is 10.9 Å². The van der Waals surface area contributed by atoms with E-state index in [0.29, 0.717) is 23.3 Å². The van der Waals surface area contributed by atoms with Gasteiger partial charge in [0.1, 0.15) is 5.82 Å². The molecule has 0 aliphatic heterocycles. The third kappa shape index (κ3) is 3.52. The molecule has 6 nitrogen and oxygen atoms in total. The summed E-state index contributed by atoms with van der Waals surface area (Å²) in [5.74, 6) is 0.0796. The molecule has 0 saturated heterocycles. The summed E-state index contributed by atoms with van der Waals surface area (Å²) < 4.78 is 1.86. The number of pyridine rings is 3. The second kappa shape index (κ2) is 7.31. The monoisotopic (exact) mass is 384 g/mol. The summed E-state index contributed by atoms with van der Waals surface area (Å²) in [6.45, 7) is 4.16. The van der Waals surface area contributed by atoms with E-state index in [1.807, 2.05) is 42.7 Å². The van der Waals surface area contributed by atoms with Crippen molar-refractivity contribution in [3.05, 3.63) is 99.2 Å². The molecule has 0 bridgehead atoms. The largest absolute Gasteiger partial charge is 0.384 e. The molecule has 0 radical (unpaired) electrons. The maximum Gasteiger partial charge on any atom is 0.200 e. The maximum absolute atomic E-state index is 13.1. The molecule has 0 saturated carbocycles. The number of aromatic nitrogens is 3. The van der Waals surface area contributed by atoms with Gasteiger partial charge in [-0.1, -0.05) is 18.2 Å². The fourth-order valence-electron chi connectivity index (χ4n) is 3.32. The number of rotatable bonds is 4. The van der Waals surface area contributed by atoms with Crippen LogP contribution in [-0.4, -0.2) is 20.3 Å². The Morgan fingerprint density at radius 2 is 1.90 bits per heavy atom. The number of nitrogen functional groups attached to an aromatic ring is 1. The second-order valence-electron chi connectivity index (χ2n) is 7.03. The van der Waals surface area contributed by atoms with E-state index in [1.54, 1.807) is 30.5 Å². The predicted molar refractivity (Wildman–Crippen MR) is 113 cm³/mol. The van der Waals surface area contributed by atoms with Crippen LogP contribution >= 0.6 is 0 Å². The second-order valence-corrected chi connectivity index (χ2v) is 7.03. The molecule has 0 aliphatic carbocycles. The normalized spacial score (nSPS) is 11.0. The van der Waals surface area contributed by atoms with Gasteiger partial charge in [0.05, 0.1) is 23.3 Å². The van der Waals surface area contributed by atoms with Gasteiger partial charge >= 0.3 is 0 Å². The first kappa shape index (κ1) is 18.6. The van der Waals surface area contributed by atoms with Crippen molar-refractivity contribution in [2.75, 3.05) is 5.73 Å². The Bertz CT molecular complexity index is 1310. The van der Waals surface area contributed by atoms with Gasteiger partial charge in [0, 0.05) is 29.0 Å². The van der Waals surface area contributed by atoms with Gasteiger partial charge in [-0.05, 0) is 49.7 Å². The van der Waals surface area contributed by atoms with Crippen molar-refractivity contribution < 1.29 is 4.79 Å². The molecule has 4 rings (SSSR count). The lowest BCUT2D eigenvalue weighted by atomic mass is 10.0. The van der Waals surface area contributed by atoms with Gasteiger partial charge in [-0.3, -0.25) is 14.6 Å². The summed E-state index contributed by atoms with van der Waals surface area (Å²) in [6.07, 6.45) is 3.12. The first-order valence-electron chi connectivity index (χ1n) is 9.25. The van der Waals surface area contributed by atoms with Crippen molar-refractivity contribution in [3.63, 3.8) is 0 Å². The number of ketones is 1. The summed E-state index contributed by atoms with van der Waals surface area (Å²) in [5.41, 5.74) is 9.24. The van der Waals surface area contributed by atoms with E-state index in [0.717, 1.165) is 22.5 Å². The zero-order chi connectivity index (χ0) is 20.5. The lowest BCUT2D eigenvalue weighted by molar-refractivity contribution is 0.103. The Balaban J connectivity index is 1.88. The van der Waals surface area contributed by atoms with Crippen molar-refractivity contribution in [3.8, 4) is 0 Å². The number of nitrogens with two attached hydrogens (primary N) is 1. The van der Waals surface area contributed by atoms with Gasteiger partial charge in [-0.15, -0.1) is 0 Å². The fourth-order valence-corrected chi connectivity index (χ4v) is 3.32. The highest BCUT2D eigenvalue weighted by molar-refractivity contribution is 6.10. The minimum absolute atomic E-state index is 0.109. The zero-order valence-electron chi connectivity index (χ0n) is 16.2. The molecule has 0 atom stereocenters. The highest BCUT2D eigenvalue weighted by Crippen LogP contribution is 2.17. The summed E-state index contributed by atoms with van der Waals surface area (Å²) in [5, 5.41) is 0.485. The Hall–Kier alpha value is -3.80. The quantitative estimate of drug-likeness (QED) is 0.545. The molecule has 6 heteroatoms. The Labute approximate surface area is 167 Å². The third-order valence-electron chi connectivity index (χ3n) is 5.00. The van der Waals surface area contributed by atoms with Crippen LogP contribution in [0.1, 0.15) is 32.9 Å². The standard InChI is InChI=1S/C23H20N4O2/c1-14-10-16(11-25-15(14)2)22(28)19-13-27(12-17-6-5-9-21(24)26-17)20-8-4-3-7-18(20)23(19)29/h3-11,13H,12H2,1-2H3,(H2,24,26). The van der Waals surface area contributed by atoms with E-state index < -0.39 is 0 Å². The lowest BCUT2D eigenvalue weighted by Crippen LogP contribution is -2.20. The first-order chi connectivity index (χ1) is 13.9. The number of fused-ring (bicyclic) bond motifs is 1. The molecular weight excluding hydrogens is 364 g/mol. The number of hydrogen-bond acceptors (Lipinski definition) is 5. The number of anilines is 1. The van der Waals surface area contributed by atoms with Gasteiger partial charge in [0.2, 0.25) is 5.43 Å².